The number of benzene rings is 1. The van der Waals surface area contributed by atoms with Crippen molar-refractivity contribution in [3.05, 3.63) is 57.7 Å². The molecule has 2 N–H and O–H groups in total. The van der Waals surface area contributed by atoms with Gasteiger partial charge in [0.2, 0.25) is 4.77 Å². The van der Waals surface area contributed by atoms with Gasteiger partial charge in [-0.15, -0.1) is 11.3 Å². The average molecular weight is 331 g/mol. The fourth-order valence-electron chi connectivity index (χ4n) is 2.45. The highest BCUT2D eigenvalue weighted by Crippen LogP contribution is 2.20. The van der Waals surface area contributed by atoms with E-state index in [-0.39, 0.29) is 0 Å². The molecule has 2 heterocycles. The topological polar surface area (TPSA) is 38.0 Å². The van der Waals surface area contributed by atoms with Crippen LogP contribution in [0, 0.1) is 11.7 Å². The van der Waals surface area contributed by atoms with E-state index < -0.39 is 0 Å². The molecule has 0 aliphatic rings. The van der Waals surface area contributed by atoms with Gasteiger partial charge in [-0.25, -0.2) is 4.68 Å². The number of hydrogen-bond acceptors (Lipinski definition) is 3. The Morgan fingerprint density at radius 1 is 1.27 bits per heavy atom. The van der Waals surface area contributed by atoms with Gasteiger partial charge < -0.3 is 4.90 Å². The number of H-pyrrole nitrogens is 1. The van der Waals surface area contributed by atoms with E-state index in [9.17, 15) is 0 Å². The number of nitrogens with one attached hydrogen (secondary N) is 2. The smallest absolute Gasteiger partial charge is 0.221 e. The number of aromatic nitrogens is 3. The van der Waals surface area contributed by atoms with E-state index in [1.807, 2.05) is 22.2 Å². The fourth-order valence-corrected chi connectivity index (χ4v) is 3.31. The van der Waals surface area contributed by atoms with Gasteiger partial charge in [0, 0.05) is 5.56 Å². The molecule has 6 heteroatoms. The highest BCUT2D eigenvalue weighted by Gasteiger charge is 2.10. The van der Waals surface area contributed by atoms with Crippen molar-refractivity contribution in [3.8, 4) is 10.7 Å². The summed E-state index contributed by atoms with van der Waals surface area (Å²) in [5.74, 6) is 0.851. The summed E-state index contributed by atoms with van der Waals surface area (Å²) in [6.07, 6.45) is 0. The second-order valence-electron chi connectivity index (χ2n) is 5.48. The molecular formula is C16H19N4S2+. The molecule has 2 aromatic heterocycles. The maximum atomic E-state index is 5.37. The van der Waals surface area contributed by atoms with E-state index in [0.29, 0.717) is 4.77 Å². The maximum absolute atomic E-state index is 5.37. The Balaban J connectivity index is 1.73. The second kappa shape index (κ2) is 6.56. The average Bonchev–Trinajstić information content (AvgIpc) is 3.12. The van der Waals surface area contributed by atoms with Crippen LogP contribution < -0.4 is 4.90 Å². The third kappa shape index (κ3) is 3.35. The number of aryl methyl sites for hydroxylation is 1. The van der Waals surface area contributed by atoms with Gasteiger partial charge in [-0.3, -0.25) is 5.10 Å². The highest BCUT2D eigenvalue weighted by molar-refractivity contribution is 7.71. The number of thiophene rings is 1. The number of aromatic amines is 1. The molecule has 1 atom stereocenters. The standard InChI is InChI=1S/C16H18N4S2/c1-12-6-3-4-7-13(12)10-19(2)11-20-16(21)17-15(18-20)14-8-5-9-22-14/h3-9H,10-11H2,1-2H3,(H,17,18,21)/p+1. The molecular weight excluding hydrogens is 312 g/mol. The van der Waals surface area contributed by atoms with E-state index >= 15 is 0 Å². The first-order valence-electron chi connectivity index (χ1n) is 7.20. The van der Waals surface area contributed by atoms with Gasteiger partial charge in [0.05, 0.1) is 11.9 Å². The van der Waals surface area contributed by atoms with Crippen molar-refractivity contribution in [2.45, 2.75) is 20.1 Å². The normalized spacial score (nSPS) is 12.5. The Morgan fingerprint density at radius 2 is 2.09 bits per heavy atom. The predicted molar refractivity (Wildman–Crippen MR) is 92.5 cm³/mol. The van der Waals surface area contributed by atoms with Crippen LogP contribution in [0.4, 0.5) is 0 Å². The molecule has 0 saturated heterocycles. The van der Waals surface area contributed by atoms with E-state index in [0.717, 1.165) is 23.9 Å². The first kappa shape index (κ1) is 15.1. The number of hydrogen-bond donors (Lipinski definition) is 2. The van der Waals surface area contributed by atoms with E-state index in [1.165, 1.54) is 16.0 Å². The Kier molecular flexibility index (Phi) is 4.52. The number of rotatable bonds is 5. The van der Waals surface area contributed by atoms with E-state index in [1.54, 1.807) is 11.3 Å². The van der Waals surface area contributed by atoms with Crippen molar-refractivity contribution in [1.82, 2.24) is 14.8 Å². The van der Waals surface area contributed by atoms with Gasteiger partial charge in [-0.05, 0) is 36.2 Å². The summed E-state index contributed by atoms with van der Waals surface area (Å²) in [6, 6.07) is 12.6. The largest absolute Gasteiger partial charge is 0.315 e. The van der Waals surface area contributed by atoms with Crippen LogP contribution >= 0.6 is 23.6 Å². The fraction of sp³-hybridized carbons (Fsp3) is 0.250. The van der Waals surface area contributed by atoms with Crippen molar-refractivity contribution < 1.29 is 4.90 Å². The van der Waals surface area contributed by atoms with Crippen LogP contribution in [0.15, 0.2) is 41.8 Å². The molecule has 1 unspecified atom stereocenters. The molecule has 0 bridgehead atoms. The van der Waals surface area contributed by atoms with Gasteiger partial charge in [-0.1, -0.05) is 30.3 Å². The predicted octanol–water partition coefficient (Wildman–Crippen LogP) is 2.65. The molecule has 3 rings (SSSR count). The van der Waals surface area contributed by atoms with Gasteiger partial charge in [0.15, 0.2) is 12.5 Å². The Morgan fingerprint density at radius 3 is 2.82 bits per heavy atom. The Labute approximate surface area is 139 Å². The first-order chi connectivity index (χ1) is 10.6. The lowest BCUT2D eigenvalue weighted by atomic mass is 10.1. The molecule has 0 amide bonds. The lowest BCUT2D eigenvalue weighted by molar-refractivity contribution is -0.917. The zero-order chi connectivity index (χ0) is 15.5. The third-order valence-electron chi connectivity index (χ3n) is 3.62. The molecule has 0 radical (unpaired) electrons. The second-order valence-corrected chi connectivity index (χ2v) is 6.79. The zero-order valence-electron chi connectivity index (χ0n) is 12.7. The first-order valence-corrected chi connectivity index (χ1v) is 8.49. The van der Waals surface area contributed by atoms with Gasteiger partial charge in [0.1, 0.15) is 6.54 Å². The SMILES string of the molecule is Cc1ccccc1C[NH+](C)Cn1[nH]c(-c2cccs2)nc1=S. The summed E-state index contributed by atoms with van der Waals surface area (Å²) in [5, 5.41) is 5.35. The highest BCUT2D eigenvalue weighted by atomic mass is 32.1. The molecule has 0 spiro atoms. The molecule has 4 nitrogen and oxygen atoms in total. The van der Waals surface area contributed by atoms with Crippen molar-refractivity contribution >= 4 is 23.6 Å². The van der Waals surface area contributed by atoms with Crippen molar-refractivity contribution in [3.63, 3.8) is 0 Å². The van der Waals surface area contributed by atoms with Gasteiger partial charge in [0.25, 0.3) is 0 Å². The van der Waals surface area contributed by atoms with Crippen LogP contribution in [-0.2, 0) is 13.2 Å². The van der Waals surface area contributed by atoms with Gasteiger partial charge in [-0.2, -0.15) is 4.98 Å². The summed E-state index contributed by atoms with van der Waals surface area (Å²) >= 11 is 7.03. The zero-order valence-corrected chi connectivity index (χ0v) is 14.3. The van der Waals surface area contributed by atoms with Crippen LogP contribution in [0.5, 0.6) is 0 Å². The van der Waals surface area contributed by atoms with Crippen LogP contribution in [-0.4, -0.2) is 21.8 Å². The van der Waals surface area contributed by atoms with Crippen LogP contribution in [0.2, 0.25) is 0 Å². The minimum atomic E-state index is 0.604. The monoisotopic (exact) mass is 331 g/mol. The molecule has 0 saturated carbocycles. The summed E-state index contributed by atoms with van der Waals surface area (Å²) in [4.78, 5) is 6.92. The van der Waals surface area contributed by atoms with Gasteiger partial charge >= 0.3 is 0 Å². The lowest BCUT2D eigenvalue weighted by Gasteiger charge is -2.15. The van der Waals surface area contributed by atoms with Crippen molar-refractivity contribution in [1.29, 1.82) is 0 Å². The van der Waals surface area contributed by atoms with Crippen molar-refractivity contribution in [2.75, 3.05) is 7.05 Å². The Bertz CT molecular complexity index is 802. The maximum Gasteiger partial charge on any atom is 0.221 e. The molecule has 114 valence electrons. The summed E-state index contributed by atoms with van der Waals surface area (Å²) in [6.45, 7) is 3.88. The molecule has 0 aliphatic carbocycles. The number of nitrogens with zero attached hydrogens (tertiary/aromatic N) is 2. The summed E-state index contributed by atoms with van der Waals surface area (Å²) < 4.78 is 2.55. The Hall–Kier alpha value is -1.76. The molecule has 1 aromatic carbocycles. The molecule has 0 fully saturated rings. The minimum absolute atomic E-state index is 0.604. The van der Waals surface area contributed by atoms with E-state index in [4.69, 9.17) is 12.2 Å². The summed E-state index contributed by atoms with van der Waals surface area (Å²) in [5.41, 5.74) is 2.69. The summed E-state index contributed by atoms with van der Waals surface area (Å²) in [7, 11) is 2.17. The number of quaternary nitrogens is 1. The molecule has 22 heavy (non-hydrogen) atoms. The van der Waals surface area contributed by atoms with Crippen LogP contribution in [0.3, 0.4) is 0 Å². The quantitative estimate of drug-likeness (QED) is 0.706. The minimum Gasteiger partial charge on any atom is -0.315 e. The third-order valence-corrected chi connectivity index (χ3v) is 4.80. The molecule has 3 aromatic rings. The molecule has 0 aliphatic heterocycles. The van der Waals surface area contributed by atoms with Crippen molar-refractivity contribution in [2.24, 2.45) is 0 Å². The van der Waals surface area contributed by atoms with E-state index in [2.05, 4.69) is 48.3 Å². The van der Waals surface area contributed by atoms with Crippen LogP contribution in [0.1, 0.15) is 11.1 Å². The lowest BCUT2D eigenvalue weighted by Crippen LogP contribution is -3.07. The van der Waals surface area contributed by atoms with Crippen LogP contribution in [0.25, 0.3) is 10.7 Å².